The maximum Gasteiger partial charge on any atom is 0.164 e. The summed E-state index contributed by atoms with van der Waals surface area (Å²) in [6.07, 6.45) is 15.6. The molecule has 8 bridgehead atoms. The van der Waals surface area contributed by atoms with Gasteiger partial charge in [0.25, 0.3) is 0 Å². The van der Waals surface area contributed by atoms with E-state index in [0.29, 0.717) is 58.6 Å². The van der Waals surface area contributed by atoms with Crippen LogP contribution in [0.3, 0.4) is 0 Å². The molecule has 17 aromatic rings. The minimum atomic E-state index is 0.0471. The summed E-state index contributed by atoms with van der Waals surface area (Å²) in [6, 6.07) is 128. The first-order valence-electron chi connectivity index (χ1n) is 43.5. The number of pyridine rings is 1. The molecule has 3 heterocycles. The highest BCUT2D eigenvalue weighted by Crippen LogP contribution is 2.72. The molecule has 0 atom stereocenters. The molecule has 120 heavy (non-hydrogen) atoms. The van der Waals surface area contributed by atoms with Crippen LogP contribution in [0.25, 0.3) is 168 Å². The summed E-state index contributed by atoms with van der Waals surface area (Å²) in [5.74, 6) is 10.2. The van der Waals surface area contributed by atoms with E-state index in [1.54, 1.807) is 22.3 Å². The maximum absolute atomic E-state index is 5.23. The van der Waals surface area contributed by atoms with Gasteiger partial charge in [-0.25, -0.2) is 29.9 Å². The van der Waals surface area contributed by atoms with E-state index in [-0.39, 0.29) is 10.8 Å². The number of fused-ring (bicyclic) bond motifs is 7. The van der Waals surface area contributed by atoms with Crippen LogP contribution in [0.5, 0.6) is 0 Å². The molecule has 0 unspecified atom stereocenters. The van der Waals surface area contributed by atoms with E-state index in [4.69, 9.17) is 34.9 Å². The molecular formula is C113H87N7. The topological polar surface area (TPSA) is 90.2 Å². The lowest BCUT2D eigenvalue weighted by Gasteiger charge is -2.61. The standard InChI is InChI=1S/C59H45N3.C54H42N4/c1-4-12-39(13-5-1)45-23-25-54-53(35-45)52-24-22-46(36-55(52)59(54)50-27-37-26-38(29-50)30-51(59)28-37)48-32-47(44-21-20-40-14-10-11-19-43(40)31-44)33-49(34-48)58-61-56(41-15-6-2-7-16-41)60-57(62-58)42-17-8-3-9-18-42;1-4-12-36(13-5-1)39-20-22-48-47(32-39)46-21-19-40(33-49(46)54(48)44-25-34-24-35(27-44)28-45(54)26-34)41-29-42(50-18-10-11-23-55-50)31-43(30-41)53-57-51(37-14-6-2-7-15-37)56-52(58-53)38-16-8-3-9-17-38/h1-25,31-38,50-51H,26-30H2;1-23,29-35,44-45H,24-28H2. The summed E-state index contributed by atoms with van der Waals surface area (Å²) in [7, 11) is 0. The first-order chi connectivity index (χ1) is 59.3. The Kier molecular flexibility index (Phi) is 16.9. The van der Waals surface area contributed by atoms with Crippen molar-refractivity contribution in [3.8, 4) is 157 Å². The molecular weight excluding hydrogens is 1460 g/mol. The van der Waals surface area contributed by atoms with E-state index < -0.39 is 0 Å². The average molecular weight is 1540 g/mol. The summed E-state index contributed by atoms with van der Waals surface area (Å²) in [5, 5.41) is 2.46. The van der Waals surface area contributed by atoms with E-state index in [2.05, 4.69) is 273 Å². The molecule has 0 N–H and O–H groups in total. The first-order valence-corrected chi connectivity index (χ1v) is 43.5. The summed E-state index contributed by atoms with van der Waals surface area (Å²) in [5.41, 5.74) is 32.1. The molecule has 10 aliphatic rings. The summed E-state index contributed by atoms with van der Waals surface area (Å²) in [6.45, 7) is 0. The van der Waals surface area contributed by atoms with Gasteiger partial charge in [0.2, 0.25) is 0 Å². The smallest absolute Gasteiger partial charge is 0.164 e. The number of rotatable bonds is 12. The van der Waals surface area contributed by atoms with Gasteiger partial charge in [0.1, 0.15) is 0 Å². The highest BCUT2D eigenvalue weighted by Gasteiger charge is 2.63. The zero-order valence-electron chi connectivity index (χ0n) is 66.9. The predicted octanol–water partition coefficient (Wildman–Crippen LogP) is 27.7. The number of hydrogen-bond donors (Lipinski definition) is 0. The van der Waals surface area contributed by atoms with Crippen molar-refractivity contribution in [2.75, 3.05) is 0 Å². The molecule has 0 aliphatic heterocycles. The molecule has 3 aromatic heterocycles. The van der Waals surface area contributed by atoms with Gasteiger partial charge in [-0.2, -0.15) is 0 Å². The quantitative estimate of drug-likeness (QED) is 0.120. The molecule has 2 spiro atoms. The summed E-state index contributed by atoms with van der Waals surface area (Å²) >= 11 is 0. The SMILES string of the molecule is c1ccc(-c2ccc3c(c2)-c2ccc(-c4cc(-c5ccc6ccccc6c5)cc(-c5nc(-c6ccccc6)nc(-c6ccccc6)n5)c4)cc2C32C3CC4CC(C3)CC2C4)cc1.c1ccc(-c2ccc3c(c2)-c2ccc(-c4cc(-c5ccccn5)cc(-c5nc(-c6ccccc6)nc(-c6ccccc6)n5)c4)cc2C32C3CC4CC(C3)CC2C4)cc1. The lowest BCUT2D eigenvalue weighted by molar-refractivity contribution is -0.0399. The molecule has 10 aliphatic carbocycles. The second-order valence-corrected chi connectivity index (χ2v) is 35.6. The van der Waals surface area contributed by atoms with Crippen LogP contribution in [-0.2, 0) is 10.8 Å². The van der Waals surface area contributed by atoms with Gasteiger partial charge < -0.3 is 0 Å². The highest BCUT2D eigenvalue weighted by molar-refractivity contribution is 5.93. The third-order valence-corrected chi connectivity index (χ3v) is 29.0. The van der Waals surface area contributed by atoms with Crippen LogP contribution in [0, 0.1) is 47.3 Å². The second kappa shape index (κ2) is 28.7. The predicted molar refractivity (Wildman–Crippen MR) is 487 cm³/mol. The van der Waals surface area contributed by atoms with Crippen molar-refractivity contribution in [1.82, 2.24) is 34.9 Å². The lowest BCUT2D eigenvalue weighted by atomic mass is 9.43. The average Bonchev–Trinajstić information content (AvgIpc) is 1.50. The van der Waals surface area contributed by atoms with E-state index in [1.807, 2.05) is 85.1 Å². The lowest BCUT2D eigenvalue weighted by Crippen LogP contribution is -2.55. The molecule has 8 fully saturated rings. The van der Waals surface area contributed by atoms with Crippen molar-refractivity contribution in [2.45, 2.75) is 75.0 Å². The molecule has 7 nitrogen and oxygen atoms in total. The Bertz CT molecular complexity index is 6680. The summed E-state index contributed by atoms with van der Waals surface area (Å²) < 4.78 is 0. The molecule has 0 radical (unpaired) electrons. The Labute approximate surface area is 701 Å². The largest absolute Gasteiger partial charge is 0.256 e. The van der Waals surface area contributed by atoms with Crippen molar-refractivity contribution in [1.29, 1.82) is 0 Å². The Balaban J connectivity index is 0.000000137. The molecule has 0 amide bonds. The van der Waals surface area contributed by atoms with Crippen molar-refractivity contribution in [3.05, 3.63) is 380 Å². The van der Waals surface area contributed by atoms with Crippen LogP contribution in [0.2, 0.25) is 0 Å². The fourth-order valence-electron chi connectivity index (χ4n) is 24.3. The first kappa shape index (κ1) is 70.7. The minimum absolute atomic E-state index is 0.0471. The van der Waals surface area contributed by atoms with Gasteiger partial charge in [-0.1, -0.05) is 273 Å². The monoisotopic (exact) mass is 1540 g/mol. The number of aromatic nitrogens is 7. The second-order valence-electron chi connectivity index (χ2n) is 35.6. The third kappa shape index (κ3) is 11.9. The fourth-order valence-corrected chi connectivity index (χ4v) is 24.3. The highest BCUT2D eigenvalue weighted by atomic mass is 15.0. The molecule has 574 valence electrons. The summed E-state index contributed by atoms with van der Waals surface area (Å²) in [4.78, 5) is 35.7. The van der Waals surface area contributed by atoms with Crippen LogP contribution < -0.4 is 0 Å². The molecule has 0 saturated heterocycles. The van der Waals surface area contributed by atoms with Crippen molar-refractivity contribution < 1.29 is 0 Å². The molecule has 7 heteroatoms. The number of hydrogen-bond acceptors (Lipinski definition) is 7. The van der Waals surface area contributed by atoms with Gasteiger partial charge in [-0.05, 0) is 301 Å². The maximum atomic E-state index is 5.23. The van der Waals surface area contributed by atoms with Gasteiger partial charge in [0, 0.05) is 56.0 Å². The van der Waals surface area contributed by atoms with Gasteiger partial charge >= 0.3 is 0 Å². The van der Waals surface area contributed by atoms with Gasteiger partial charge in [0.05, 0.1) is 5.69 Å². The Morgan fingerprint density at radius 3 is 0.867 bits per heavy atom. The zero-order valence-corrected chi connectivity index (χ0v) is 66.9. The third-order valence-electron chi connectivity index (χ3n) is 29.0. The van der Waals surface area contributed by atoms with E-state index in [9.17, 15) is 0 Å². The fraction of sp³-hybridized carbons (Fsp3) is 0.177. The van der Waals surface area contributed by atoms with Crippen LogP contribution >= 0.6 is 0 Å². The Hall–Kier alpha value is -13.5. The molecule has 27 rings (SSSR count). The number of nitrogens with zero attached hydrogens (tertiary/aromatic N) is 7. The zero-order chi connectivity index (χ0) is 79.0. The van der Waals surface area contributed by atoms with Gasteiger partial charge in [-0.3, -0.25) is 4.98 Å². The van der Waals surface area contributed by atoms with Crippen LogP contribution in [-0.4, -0.2) is 34.9 Å². The molecule has 8 saturated carbocycles. The van der Waals surface area contributed by atoms with E-state index in [0.717, 1.165) is 79.4 Å². The minimum Gasteiger partial charge on any atom is -0.256 e. The van der Waals surface area contributed by atoms with Crippen LogP contribution in [0.15, 0.2) is 358 Å². The van der Waals surface area contributed by atoms with E-state index >= 15 is 0 Å². The van der Waals surface area contributed by atoms with E-state index in [1.165, 1.54) is 142 Å². The van der Waals surface area contributed by atoms with Crippen LogP contribution in [0.4, 0.5) is 0 Å². The normalized spacial score (nSPS) is 21.9. The van der Waals surface area contributed by atoms with Gasteiger partial charge in [0.15, 0.2) is 34.9 Å². The Morgan fingerprint density at radius 2 is 0.483 bits per heavy atom. The van der Waals surface area contributed by atoms with Crippen LogP contribution in [0.1, 0.15) is 86.5 Å². The molecule has 14 aromatic carbocycles. The van der Waals surface area contributed by atoms with Crippen molar-refractivity contribution in [2.24, 2.45) is 47.3 Å². The van der Waals surface area contributed by atoms with Crippen molar-refractivity contribution in [3.63, 3.8) is 0 Å². The van der Waals surface area contributed by atoms with Gasteiger partial charge in [-0.15, -0.1) is 0 Å². The Morgan fingerprint density at radius 1 is 0.183 bits per heavy atom. The number of benzene rings is 14. The van der Waals surface area contributed by atoms with Crippen molar-refractivity contribution >= 4 is 10.8 Å².